The summed E-state index contributed by atoms with van der Waals surface area (Å²) in [6.07, 6.45) is -55.0. The van der Waals surface area contributed by atoms with Gasteiger partial charge >= 0.3 is 60.4 Å². The van der Waals surface area contributed by atoms with Crippen LogP contribution in [0.1, 0.15) is 0 Å². The molecule has 0 saturated heterocycles. The van der Waals surface area contributed by atoms with E-state index in [4.69, 9.17) is 0 Å². The number of ether oxygens (including phenoxy) is 3. The van der Waals surface area contributed by atoms with Crippen molar-refractivity contribution in [3.8, 4) is 0 Å². The Kier molecular flexibility index (Phi) is 9.13. The molecule has 0 aliphatic carbocycles. The zero-order valence-corrected chi connectivity index (χ0v) is 16.4. The largest absolute Gasteiger partial charge is 0.462 e. The molecule has 3 unspecified atom stereocenters. The zero-order chi connectivity index (χ0) is 31.4. The van der Waals surface area contributed by atoms with Gasteiger partial charge in [-0.3, -0.25) is 14.2 Å². The van der Waals surface area contributed by atoms with Crippen LogP contribution in [-0.4, -0.2) is 66.8 Å². The van der Waals surface area contributed by atoms with E-state index in [-0.39, 0.29) is 0 Å². The molecule has 0 aliphatic heterocycles. The third-order valence-corrected chi connectivity index (χ3v) is 3.56. The lowest BCUT2D eigenvalue weighted by Gasteiger charge is -2.42. The molecule has 3 nitrogen and oxygen atoms in total. The second-order valence-electron chi connectivity index (χ2n) is 6.33. The first kappa shape index (κ1) is 36.1. The fraction of sp³-hybridized carbons (Fsp3) is 0.846. The van der Waals surface area contributed by atoms with Crippen LogP contribution in [0.15, 0.2) is 12.7 Å². The molecule has 3 atom stereocenters. The quantitative estimate of drug-likeness (QED) is 0.175. The second-order valence-corrected chi connectivity index (χ2v) is 6.33. The molecular weight excluding hydrogens is 622 g/mol. The van der Waals surface area contributed by atoms with Gasteiger partial charge in [-0.25, -0.2) is 4.39 Å². The van der Waals surface area contributed by atoms with Crippen LogP contribution >= 0.6 is 0 Å². The second kappa shape index (κ2) is 9.62. The van der Waals surface area contributed by atoms with Crippen molar-refractivity contribution in [3.05, 3.63) is 12.7 Å². The average molecular weight is 626 g/mol. The first-order chi connectivity index (χ1) is 16.1. The monoisotopic (exact) mass is 626 g/mol. The molecule has 38 heavy (non-hydrogen) atoms. The van der Waals surface area contributed by atoms with Gasteiger partial charge in [-0.05, 0) is 6.08 Å². The first-order valence-electron chi connectivity index (χ1n) is 7.93. The van der Waals surface area contributed by atoms with Crippen molar-refractivity contribution in [2.45, 2.75) is 66.8 Å². The van der Waals surface area contributed by atoms with Crippen LogP contribution in [0, 0.1) is 0 Å². The minimum Gasteiger partial charge on any atom is -0.274 e. The van der Waals surface area contributed by atoms with E-state index in [1.165, 1.54) is 4.74 Å². The maximum Gasteiger partial charge on any atom is 0.462 e. The van der Waals surface area contributed by atoms with E-state index in [1.807, 2.05) is 11.3 Å². The smallest absolute Gasteiger partial charge is 0.274 e. The molecule has 0 fully saturated rings. The van der Waals surface area contributed by atoms with Crippen molar-refractivity contribution in [3.63, 3.8) is 0 Å². The van der Waals surface area contributed by atoms with Crippen LogP contribution < -0.4 is 0 Å². The molecule has 228 valence electrons. The number of alkyl halides is 22. The highest BCUT2D eigenvalue weighted by Crippen LogP contribution is 2.58. The highest BCUT2D eigenvalue weighted by molar-refractivity contribution is 4.97. The summed E-state index contributed by atoms with van der Waals surface area (Å²) in [5.41, 5.74) is 0. The molecule has 0 aliphatic rings. The minimum atomic E-state index is -8.53. The minimum absolute atomic E-state index is 1.07. The number of rotatable bonds is 11. The molecule has 0 aromatic rings. The summed E-state index contributed by atoms with van der Waals surface area (Å²) in [6.45, 7) is 2.00. The van der Waals surface area contributed by atoms with Crippen molar-refractivity contribution >= 4 is 0 Å². The van der Waals surface area contributed by atoms with E-state index < -0.39 is 72.8 Å². The fourth-order valence-corrected chi connectivity index (χ4v) is 1.59. The van der Waals surface area contributed by atoms with Crippen LogP contribution in [0.3, 0.4) is 0 Å². The zero-order valence-electron chi connectivity index (χ0n) is 16.4. The summed E-state index contributed by atoms with van der Waals surface area (Å²) in [5, 5.41) is 0. The lowest BCUT2D eigenvalue weighted by molar-refractivity contribution is -0.574. The SMILES string of the molecule is C=CC(F)(F)C(F)OC(F)(F)C(F)(OC(F)(F)C(F)(OC(F)(F)C(F)(F)C(F)(F)F)C(F)(F)F)C(F)(F)F. The third kappa shape index (κ3) is 6.12. The molecule has 0 aromatic heterocycles. The summed E-state index contributed by atoms with van der Waals surface area (Å²) >= 11 is 0. The summed E-state index contributed by atoms with van der Waals surface area (Å²) in [6, 6.07) is 0. The van der Waals surface area contributed by atoms with Crippen LogP contribution in [0.5, 0.6) is 0 Å². The van der Waals surface area contributed by atoms with E-state index in [2.05, 4.69) is 0 Å². The number of halogens is 22. The van der Waals surface area contributed by atoms with Gasteiger partial charge in [-0.15, -0.1) is 0 Å². The van der Waals surface area contributed by atoms with Crippen LogP contribution in [0.4, 0.5) is 96.6 Å². The summed E-state index contributed by atoms with van der Waals surface area (Å²) in [7, 11) is 0. The molecule has 0 rings (SSSR count). The predicted molar refractivity (Wildman–Crippen MR) is 68.9 cm³/mol. The van der Waals surface area contributed by atoms with Crippen molar-refractivity contribution < 1.29 is 111 Å². The summed E-state index contributed by atoms with van der Waals surface area (Å²) in [5.74, 6) is -30.4. The highest BCUT2D eigenvalue weighted by atomic mass is 19.4. The number of hydrogen-bond donors (Lipinski definition) is 0. The Morgan fingerprint density at radius 2 is 0.789 bits per heavy atom. The van der Waals surface area contributed by atoms with Crippen LogP contribution in [0.2, 0.25) is 0 Å². The molecule has 0 aromatic carbocycles. The molecule has 0 bridgehead atoms. The first-order valence-corrected chi connectivity index (χ1v) is 7.93. The molecule has 0 amide bonds. The molecular formula is C13H4F22O3. The van der Waals surface area contributed by atoms with Gasteiger partial charge in [0.2, 0.25) is 0 Å². The van der Waals surface area contributed by atoms with Crippen molar-refractivity contribution in [2.24, 2.45) is 0 Å². The van der Waals surface area contributed by atoms with Gasteiger partial charge in [0.15, 0.2) is 0 Å². The molecule has 0 heterocycles. The normalized spacial score (nSPS) is 19.5. The predicted octanol–water partition coefficient (Wildman–Crippen LogP) is 7.59. The molecule has 0 N–H and O–H groups in total. The standard InChI is InChI=1S/C13H4F22O3/c1-2-4(15,16)3(14)36-12(32,33)6(19,9(24,25)26)38-13(34,35)7(20,10(27,28)29)37-11(30,31)5(17,18)8(21,22)23/h2-3H,1H2. The average Bonchev–Trinajstić information content (AvgIpc) is 2.63. The van der Waals surface area contributed by atoms with E-state index in [9.17, 15) is 96.6 Å². The maximum atomic E-state index is 14.0. The van der Waals surface area contributed by atoms with Gasteiger partial charge in [0.05, 0.1) is 0 Å². The van der Waals surface area contributed by atoms with Crippen molar-refractivity contribution in [2.75, 3.05) is 0 Å². The Bertz CT molecular complexity index is 841. The Balaban J connectivity index is 6.99. The summed E-state index contributed by atoms with van der Waals surface area (Å²) in [4.78, 5) is 0. The molecule has 25 heteroatoms. The Morgan fingerprint density at radius 1 is 0.474 bits per heavy atom. The van der Waals surface area contributed by atoms with E-state index in [1.54, 1.807) is 0 Å². The number of hydrogen-bond acceptors (Lipinski definition) is 3. The van der Waals surface area contributed by atoms with Gasteiger partial charge in [0.1, 0.15) is 0 Å². The molecule has 0 saturated carbocycles. The Hall–Kier alpha value is -1.92. The molecule has 0 radical (unpaired) electrons. The fourth-order valence-electron chi connectivity index (χ4n) is 1.59. The van der Waals surface area contributed by atoms with Crippen LogP contribution in [0.25, 0.3) is 0 Å². The van der Waals surface area contributed by atoms with Gasteiger partial charge in [-0.1, -0.05) is 6.58 Å². The van der Waals surface area contributed by atoms with Gasteiger partial charge in [0, 0.05) is 0 Å². The highest BCUT2D eigenvalue weighted by Gasteiger charge is 2.87. The Labute approximate surface area is 191 Å². The molecule has 0 spiro atoms. The maximum absolute atomic E-state index is 14.0. The Morgan fingerprint density at radius 3 is 1.08 bits per heavy atom. The van der Waals surface area contributed by atoms with Gasteiger partial charge in [-0.2, -0.15) is 92.2 Å². The van der Waals surface area contributed by atoms with Crippen molar-refractivity contribution in [1.29, 1.82) is 0 Å². The topological polar surface area (TPSA) is 27.7 Å². The van der Waals surface area contributed by atoms with Gasteiger partial charge < -0.3 is 0 Å². The van der Waals surface area contributed by atoms with Crippen LogP contribution in [-0.2, 0) is 14.2 Å². The van der Waals surface area contributed by atoms with E-state index >= 15 is 0 Å². The van der Waals surface area contributed by atoms with E-state index in [0.717, 1.165) is 4.74 Å². The lowest BCUT2D eigenvalue weighted by Crippen LogP contribution is -2.70. The van der Waals surface area contributed by atoms with Crippen molar-refractivity contribution in [1.82, 2.24) is 0 Å². The summed E-state index contributed by atoms with van der Waals surface area (Å²) < 4.78 is 289. The lowest BCUT2D eigenvalue weighted by atomic mass is 10.2. The van der Waals surface area contributed by atoms with E-state index in [0.29, 0.717) is 0 Å². The van der Waals surface area contributed by atoms with Gasteiger partial charge in [0.25, 0.3) is 6.36 Å². The third-order valence-electron chi connectivity index (χ3n) is 3.56.